The molecular formula is C15H14BrN3O. The van der Waals surface area contributed by atoms with Gasteiger partial charge in [-0.05, 0) is 31.0 Å². The molecule has 0 aliphatic carbocycles. The molecule has 0 spiro atoms. The second-order valence-electron chi connectivity index (χ2n) is 4.79. The first-order valence-electron chi connectivity index (χ1n) is 6.58. The van der Waals surface area contributed by atoms with Crippen LogP contribution in [0.25, 0.3) is 11.3 Å². The number of aryl methyl sites for hydroxylation is 1. The smallest absolute Gasteiger partial charge is 0.148 e. The number of benzene rings is 1. The Hall–Kier alpha value is -1.80. The standard InChI is InChI=1S/C15H14BrN3O/c1-20-13-6-5-10(16)8-11(13)15-12(9-17)19-7-3-2-4-14(19)18-15/h5-6,8H,2-4,7H2,1H3. The topological polar surface area (TPSA) is 50.8 Å². The largest absolute Gasteiger partial charge is 0.496 e. The van der Waals surface area contributed by atoms with Crippen molar-refractivity contribution >= 4 is 15.9 Å². The van der Waals surface area contributed by atoms with E-state index in [9.17, 15) is 5.26 Å². The van der Waals surface area contributed by atoms with Crippen LogP contribution in [0.5, 0.6) is 5.75 Å². The van der Waals surface area contributed by atoms with Crippen LogP contribution in [0.4, 0.5) is 0 Å². The Morgan fingerprint density at radius 1 is 1.40 bits per heavy atom. The summed E-state index contributed by atoms with van der Waals surface area (Å²) in [5.74, 6) is 1.74. The summed E-state index contributed by atoms with van der Waals surface area (Å²) in [6, 6.07) is 8.06. The zero-order valence-corrected chi connectivity index (χ0v) is 12.8. The summed E-state index contributed by atoms with van der Waals surface area (Å²) in [5, 5.41) is 9.49. The van der Waals surface area contributed by atoms with Crippen LogP contribution >= 0.6 is 15.9 Å². The molecule has 2 aromatic rings. The zero-order chi connectivity index (χ0) is 14.1. The molecule has 0 radical (unpaired) electrons. The molecule has 1 aromatic carbocycles. The van der Waals surface area contributed by atoms with E-state index in [-0.39, 0.29) is 0 Å². The van der Waals surface area contributed by atoms with Crippen LogP contribution in [0, 0.1) is 11.3 Å². The first-order chi connectivity index (χ1) is 9.74. The zero-order valence-electron chi connectivity index (χ0n) is 11.2. The van der Waals surface area contributed by atoms with Crippen LogP contribution in [0.15, 0.2) is 22.7 Å². The molecule has 0 saturated carbocycles. The van der Waals surface area contributed by atoms with Gasteiger partial charge >= 0.3 is 0 Å². The van der Waals surface area contributed by atoms with Gasteiger partial charge in [-0.2, -0.15) is 5.26 Å². The van der Waals surface area contributed by atoms with Crippen LogP contribution in [0.1, 0.15) is 24.4 Å². The fourth-order valence-electron chi connectivity index (χ4n) is 2.65. The van der Waals surface area contributed by atoms with Crippen molar-refractivity contribution in [1.82, 2.24) is 9.55 Å². The molecule has 1 aliphatic rings. The van der Waals surface area contributed by atoms with Crippen molar-refractivity contribution in [2.75, 3.05) is 7.11 Å². The molecule has 4 nitrogen and oxygen atoms in total. The summed E-state index contributed by atoms with van der Waals surface area (Å²) in [7, 11) is 1.63. The maximum absolute atomic E-state index is 9.49. The van der Waals surface area contributed by atoms with Gasteiger partial charge in [0.2, 0.25) is 0 Å². The average Bonchev–Trinajstić information content (AvgIpc) is 2.85. The minimum absolute atomic E-state index is 0.635. The van der Waals surface area contributed by atoms with Crippen molar-refractivity contribution in [3.8, 4) is 23.1 Å². The molecule has 0 unspecified atom stereocenters. The predicted molar refractivity (Wildman–Crippen MR) is 79.6 cm³/mol. The summed E-state index contributed by atoms with van der Waals surface area (Å²) in [4.78, 5) is 4.68. The lowest BCUT2D eigenvalue weighted by Gasteiger charge is -2.13. The molecule has 0 saturated heterocycles. The van der Waals surface area contributed by atoms with Crippen LogP contribution < -0.4 is 4.74 Å². The van der Waals surface area contributed by atoms with E-state index in [2.05, 4.69) is 27.0 Å². The van der Waals surface area contributed by atoms with E-state index < -0.39 is 0 Å². The van der Waals surface area contributed by atoms with Crippen molar-refractivity contribution < 1.29 is 4.74 Å². The highest BCUT2D eigenvalue weighted by atomic mass is 79.9. The molecule has 0 amide bonds. The van der Waals surface area contributed by atoms with Gasteiger partial charge in [0.05, 0.1) is 7.11 Å². The van der Waals surface area contributed by atoms with Crippen LogP contribution in [-0.4, -0.2) is 16.7 Å². The lowest BCUT2D eigenvalue weighted by atomic mass is 10.1. The third-order valence-corrected chi connectivity index (χ3v) is 4.09. The minimum atomic E-state index is 0.635. The van der Waals surface area contributed by atoms with Gasteiger partial charge in [0.1, 0.15) is 29.0 Å². The Balaban J connectivity index is 2.22. The monoisotopic (exact) mass is 331 g/mol. The molecule has 0 bridgehead atoms. The van der Waals surface area contributed by atoms with E-state index >= 15 is 0 Å². The number of ether oxygens (including phenoxy) is 1. The van der Waals surface area contributed by atoms with E-state index in [1.54, 1.807) is 7.11 Å². The Labute approximate surface area is 126 Å². The number of imidazole rings is 1. The van der Waals surface area contributed by atoms with E-state index in [0.717, 1.165) is 53.1 Å². The number of methoxy groups -OCH3 is 1. The maximum Gasteiger partial charge on any atom is 0.148 e. The quantitative estimate of drug-likeness (QED) is 0.845. The molecule has 3 rings (SSSR count). The fraction of sp³-hybridized carbons (Fsp3) is 0.333. The molecule has 2 heterocycles. The summed E-state index contributed by atoms with van der Waals surface area (Å²) in [6.07, 6.45) is 3.18. The Morgan fingerprint density at radius 3 is 3.00 bits per heavy atom. The van der Waals surface area contributed by atoms with Gasteiger partial charge in [-0.25, -0.2) is 4.98 Å². The highest BCUT2D eigenvalue weighted by molar-refractivity contribution is 9.10. The molecule has 102 valence electrons. The highest BCUT2D eigenvalue weighted by Gasteiger charge is 2.22. The van der Waals surface area contributed by atoms with Gasteiger partial charge < -0.3 is 9.30 Å². The van der Waals surface area contributed by atoms with Gasteiger partial charge in [0.25, 0.3) is 0 Å². The van der Waals surface area contributed by atoms with Crippen molar-refractivity contribution in [2.24, 2.45) is 0 Å². The van der Waals surface area contributed by atoms with E-state index in [4.69, 9.17) is 4.74 Å². The van der Waals surface area contributed by atoms with Crippen molar-refractivity contribution in [2.45, 2.75) is 25.8 Å². The molecule has 0 N–H and O–H groups in total. The summed E-state index contributed by atoms with van der Waals surface area (Å²) >= 11 is 3.47. The molecular weight excluding hydrogens is 318 g/mol. The highest BCUT2D eigenvalue weighted by Crippen LogP contribution is 2.35. The number of rotatable bonds is 2. The fourth-order valence-corrected chi connectivity index (χ4v) is 3.01. The van der Waals surface area contributed by atoms with Crippen LogP contribution in [-0.2, 0) is 13.0 Å². The molecule has 5 heteroatoms. The second-order valence-corrected chi connectivity index (χ2v) is 5.71. The summed E-state index contributed by atoms with van der Waals surface area (Å²) < 4.78 is 8.39. The number of halogens is 1. The van der Waals surface area contributed by atoms with Crippen molar-refractivity contribution in [3.63, 3.8) is 0 Å². The van der Waals surface area contributed by atoms with Crippen LogP contribution in [0.3, 0.4) is 0 Å². The van der Waals surface area contributed by atoms with E-state index in [1.807, 2.05) is 22.8 Å². The second kappa shape index (κ2) is 5.29. The normalized spacial score (nSPS) is 13.7. The van der Waals surface area contributed by atoms with Gasteiger partial charge in [0.15, 0.2) is 0 Å². The van der Waals surface area contributed by atoms with Gasteiger partial charge in [-0.15, -0.1) is 0 Å². The first kappa shape index (κ1) is 13.2. The Kier molecular flexibility index (Phi) is 3.49. The average molecular weight is 332 g/mol. The summed E-state index contributed by atoms with van der Waals surface area (Å²) in [6.45, 7) is 0.877. The number of aromatic nitrogens is 2. The van der Waals surface area contributed by atoms with Gasteiger partial charge in [-0.1, -0.05) is 15.9 Å². The van der Waals surface area contributed by atoms with Gasteiger partial charge in [-0.3, -0.25) is 0 Å². The Morgan fingerprint density at radius 2 is 2.25 bits per heavy atom. The van der Waals surface area contributed by atoms with E-state index in [1.165, 1.54) is 0 Å². The van der Waals surface area contributed by atoms with Crippen molar-refractivity contribution in [3.05, 3.63) is 34.2 Å². The van der Waals surface area contributed by atoms with Crippen molar-refractivity contribution in [1.29, 1.82) is 5.26 Å². The predicted octanol–water partition coefficient (Wildman–Crippen LogP) is 3.53. The SMILES string of the molecule is COc1ccc(Br)cc1-c1nc2n(c1C#N)CCCC2. The number of hydrogen-bond acceptors (Lipinski definition) is 3. The third kappa shape index (κ3) is 2.10. The molecule has 0 atom stereocenters. The lowest BCUT2D eigenvalue weighted by molar-refractivity contribution is 0.416. The Bertz CT molecular complexity index is 700. The lowest BCUT2D eigenvalue weighted by Crippen LogP contribution is -2.11. The molecule has 1 aliphatic heterocycles. The minimum Gasteiger partial charge on any atom is -0.496 e. The maximum atomic E-state index is 9.49. The molecule has 20 heavy (non-hydrogen) atoms. The number of nitrogens with zero attached hydrogens (tertiary/aromatic N) is 3. The number of hydrogen-bond donors (Lipinski definition) is 0. The number of nitriles is 1. The molecule has 0 fully saturated rings. The van der Waals surface area contributed by atoms with Gasteiger partial charge in [0, 0.05) is 23.0 Å². The molecule has 1 aromatic heterocycles. The van der Waals surface area contributed by atoms with E-state index in [0.29, 0.717) is 5.69 Å². The van der Waals surface area contributed by atoms with Crippen LogP contribution in [0.2, 0.25) is 0 Å². The number of fused-ring (bicyclic) bond motifs is 1. The summed E-state index contributed by atoms with van der Waals surface area (Å²) in [5.41, 5.74) is 2.22. The first-order valence-corrected chi connectivity index (χ1v) is 7.37. The third-order valence-electron chi connectivity index (χ3n) is 3.60.